The number of methoxy groups -OCH3 is 1. The van der Waals surface area contributed by atoms with E-state index < -0.39 is 0 Å². The van der Waals surface area contributed by atoms with Gasteiger partial charge in [-0.15, -0.1) is 0 Å². The molecule has 0 amide bonds. The van der Waals surface area contributed by atoms with Gasteiger partial charge in [-0.3, -0.25) is 4.90 Å². The van der Waals surface area contributed by atoms with E-state index in [4.69, 9.17) is 9.47 Å². The SMILES string of the molecule is CNCC1COCCN1CC(C)OC. The minimum absolute atomic E-state index is 0.299. The molecule has 0 aromatic carbocycles. The average molecular weight is 202 g/mol. The highest BCUT2D eigenvalue weighted by molar-refractivity contribution is 4.78. The van der Waals surface area contributed by atoms with Crippen molar-refractivity contribution in [1.29, 1.82) is 0 Å². The minimum atomic E-state index is 0.299. The summed E-state index contributed by atoms with van der Waals surface area (Å²) >= 11 is 0. The molecule has 0 aromatic heterocycles. The summed E-state index contributed by atoms with van der Waals surface area (Å²) in [6.07, 6.45) is 0.299. The summed E-state index contributed by atoms with van der Waals surface area (Å²) in [5.74, 6) is 0. The lowest BCUT2D eigenvalue weighted by Gasteiger charge is -2.36. The summed E-state index contributed by atoms with van der Waals surface area (Å²) in [5, 5.41) is 3.20. The van der Waals surface area contributed by atoms with Gasteiger partial charge in [-0.2, -0.15) is 0 Å². The summed E-state index contributed by atoms with van der Waals surface area (Å²) in [5.41, 5.74) is 0. The third kappa shape index (κ3) is 3.53. The van der Waals surface area contributed by atoms with Crippen molar-refractivity contribution in [2.24, 2.45) is 0 Å². The molecule has 1 fully saturated rings. The number of hydrogen-bond acceptors (Lipinski definition) is 4. The van der Waals surface area contributed by atoms with E-state index in [-0.39, 0.29) is 0 Å². The lowest BCUT2D eigenvalue weighted by molar-refractivity contribution is -0.0291. The molecule has 2 unspecified atom stereocenters. The highest BCUT2D eigenvalue weighted by Crippen LogP contribution is 2.07. The van der Waals surface area contributed by atoms with E-state index in [0.717, 1.165) is 32.8 Å². The molecule has 4 heteroatoms. The van der Waals surface area contributed by atoms with Crippen molar-refractivity contribution in [3.8, 4) is 0 Å². The van der Waals surface area contributed by atoms with Crippen LogP contribution in [0.15, 0.2) is 0 Å². The third-order valence-corrected chi connectivity index (χ3v) is 2.68. The highest BCUT2D eigenvalue weighted by atomic mass is 16.5. The largest absolute Gasteiger partial charge is 0.380 e. The summed E-state index contributed by atoms with van der Waals surface area (Å²) in [4.78, 5) is 2.44. The van der Waals surface area contributed by atoms with E-state index in [2.05, 4.69) is 17.1 Å². The summed E-state index contributed by atoms with van der Waals surface area (Å²) in [7, 11) is 3.74. The zero-order valence-electron chi connectivity index (χ0n) is 9.45. The summed E-state index contributed by atoms with van der Waals surface area (Å²) in [6.45, 7) is 6.77. The van der Waals surface area contributed by atoms with Gasteiger partial charge in [-0.25, -0.2) is 0 Å². The van der Waals surface area contributed by atoms with Gasteiger partial charge in [0.05, 0.1) is 19.3 Å². The second kappa shape index (κ2) is 6.35. The Morgan fingerprint density at radius 2 is 2.43 bits per heavy atom. The molecule has 1 saturated heterocycles. The first kappa shape index (κ1) is 11.9. The smallest absolute Gasteiger partial charge is 0.0670 e. The highest BCUT2D eigenvalue weighted by Gasteiger charge is 2.23. The minimum Gasteiger partial charge on any atom is -0.380 e. The van der Waals surface area contributed by atoms with Crippen LogP contribution in [0, 0.1) is 0 Å². The van der Waals surface area contributed by atoms with Crippen molar-refractivity contribution in [3.63, 3.8) is 0 Å². The van der Waals surface area contributed by atoms with E-state index in [1.54, 1.807) is 7.11 Å². The Morgan fingerprint density at radius 3 is 3.07 bits per heavy atom. The molecule has 0 saturated carbocycles. The van der Waals surface area contributed by atoms with Crippen LogP contribution in [0.4, 0.5) is 0 Å². The van der Waals surface area contributed by atoms with Crippen LogP contribution in [-0.2, 0) is 9.47 Å². The zero-order valence-corrected chi connectivity index (χ0v) is 9.45. The van der Waals surface area contributed by atoms with Gasteiger partial charge in [0.1, 0.15) is 0 Å². The van der Waals surface area contributed by atoms with Gasteiger partial charge < -0.3 is 14.8 Å². The average Bonchev–Trinajstić information content (AvgIpc) is 2.21. The van der Waals surface area contributed by atoms with Crippen LogP contribution in [-0.4, -0.2) is 64.1 Å². The Bertz CT molecular complexity index is 153. The first-order chi connectivity index (χ1) is 6.77. The molecule has 0 spiro atoms. The van der Waals surface area contributed by atoms with E-state index in [1.165, 1.54) is 0 Å². The van der Waals surface area contributed by atoms with Crippen LogP contribution in [0.5, 0.6) is 0 Å². The van der Waals surface area contributed by atoms with Crippen LogP contribution < -0.4 is 5.32 Å². The van der Waals surface area contributed by atoms with Crippen LogP contribution in [0.2, 0.25) is 0 Å². The molecule has 4 nitrogen and oxygen atoms in total. The first-order valence-corrected chi connectivity index (χ1v) is 5.27. The van der Waals surface area contributed by atoms with Gasteiger partial charge in [0, 0.05) is 32.8 Å². The molecule has 0 aliphatic carbocycles. The fraction of sp³-hybridized carbons (Fsp3) is 1.00. The number of likely N-dealkylation sites (N-methyl/N-ethyl adjacent to an activating group) is 1. The van der Waals surface area contributed by atoms with E-state index in [9.17, 15) is 0 Å². The number of ether oxygens (including phenoxy) is 2. The zero-order chi connectivity index (χ0) is 10.4. The maximum atomic E-state index is 5.46. The van der Waals surface area contributed by atoms with Crippen molar-refractivity contribution in [3.05, 3.63) is 0 Å². The van der Waals surface area contributed by atoms with Gasteiger partial charge in [-0.1, -0.05) is 0 Å². The number of morpholine rings is 1. The Balaban J connectivity index is 2.37. The number of nitrogens with one attached hydrogen (secondary N) is 1. The predicted octanol–water partition coefficient (Wildman–Crippen LogP) is -0.0585. The fourth-order valence-electron chi connectivity index (χ4n) is 1.76. The van der Waals surface area contributed by atoms with Crippen molar-refractivity contribution in [2.45, 2.75) is 19.1 Å². The molecular weight excluding hydrogens is 180 g/mol. The molecule has 0 radical (unpaired) electrons. The lowest BCUT2D eigenvalue weighted by Crippen LogP contribution is -2.52. The molecule has 1 aliphatic rings. The number of rotatable bonds is 5. The second-order valence-corrected chi connectivity index (χ2v) is 3.83. The molecule has 1 rings (SSSR count). The van der Waals surface area contributed by atoms with Gasteiger partial charge in [0.15, 0.2) is 0 Å². The van der Waals surface area contributed by atoms with Crippen molar-refractivity contribution >= 4 is 0 Å². The number of hydrogen-bond donors (Lipinski definition) is 1. The lowest BCUT2D eigenvalue weighted by atomic mass is 10.2. The molecule has 84 valence electrons. The molecule has 2 atom stereocenters. The third-order valence-electron chi connectivity index (χ3n) is 2.68. The van der Waals surface area contributed by atoms with Crippen LogP contribution in [0.1, 0.15) is 6.92 Å². The normalized spacial score (nSPS) is 26.4. The van der Waals surface area contributed by atoms with Crippen LogP contribution in [0.3, 0.4) is 0 Å². The standard InChI is InChI=1S/C10H22N2O2/c1-9(13-3)7-12-4-5-14-8-10(12)6-11-2/h9-11H,4-8H2,1-3H3. The molecule has 1 aliphatic heterocycles. The Labute approximate surface area is 86.6 Å². The topological polar surface area (TPSA) is 33.7 Å². The molecule has 1 heterocycles. The van der Waals surface area contributed by atoms with E-state index in [1.807, 2.05) is 7.05 Å². The first-order valence-electron chi connectivity index (χ1n) is 5.27. The maximum Gasteiger partial charge on any atom is 0.0670 e. The van der Waals surface area contributed by atoms with Gasteiger partial charge in [0.25, 0.3) is 0 Å². The van der Waals surface area contributed by atoms with Crippen LogP contribution in [0.25, 0.3) is 0 Å². The quantitative estimate of drug-likeness (QED) is 0.677. The number of nitrogens with zero attached hydrogens (tertiary/aromatic N) is 1. The monoisotopic (exact) mass is 202 g/mol. The van der Waals surface area contributed by atoms with Gasteiger partial charge in [-0.05, 0) is 14.0 Å². The second-order valence-electron chi connectivity index (χ2n) is 3.83. The molecule has 0 bridgehead atoms. The Kier molecular flexibility index (Phi) is 5.40. The van der Waals surface area contributed by atoms with Gasteiger partial charge >= 0.3 is 0 Å². The Morgan fingerprint density at radius 1 is 1.64 bits per heavy atom. The van der Waals surface area contributed by atoms with E-state index >= 15 is 0 Å². The molecule has 14 heavy (non-hydrogen) atoms. The molecule has 1 N–H and O–H groups in total. The Hall–Kier alpha value is -0.160. The maximum absolute atomic E-state index is 5.46. The fourth-order valence-corrected chi connectivity index (χ4v) is 1.76. The van der Waals surface area contributed by atoms with Crippen molar-refractivity contribution in [1.82, 2.24) is 10.2 Å². The van der Waals surface area contributed by atoms with Crippen molar-refractivity contribution in [2.75, 3.05) is 47.0 Å². The predicted molar refractivity (Wildman–Crippen MR) is 56.6 cm³/mol. The van der Waals surface area contributed by atoms with E-state index in [0.29, 0.717) is 12.1 Å². The molecule has 0 aromatic rings. The summed E-state index contributed by atoms with van der Waals surface area (Å²) < 4.78 is 10.7. The van der Waals surface area contributed by atoms with Gasteiger partial charge in [0.2, 0.25) is 0 Å². The van der Waals surface area contributed by atoms with Crippen LogP contribution >= 0.6 is 0 Å². The van der Waals surface area contributed by atoms with Crippen molar-refractivity contribution < 1.29 is 9.47 Å². The summed E-state index contributed by atoms with van der Waals surface area (Å²) in [6, 6.07) is 0.492. The molecular formula is C10H22N2O2.